The van der Waals surface area contributed by atoms with Crippen LogP contribution in [0.15, 0.2) is 29.6 Å². The third-order valence-corrected chi connectivity index (χ3v) is 4.32. The number of thiazole rings is 1. The van der Waals surface area contributed by atoms with Crippen molar-refractivity contribution in [1.29, 1.82) is 0 Å². The van der Waals surface area contributed by atoms with Gasteiger partial charge in [0.2, 0.25) is 5.91 Å². The number of carbonyl (C=O) groups excluding carboxylic acids is 3. The average molecular weight is 374 g/mol. The Morgan fingerprint density at radius 3 is 2.35 bits per heavy atom. The van der Waals surface area contributed by atoms with Crippen LogP contribution in [0.4, 0.5) is 5.69 Å². The summed E-state index contributed by atoms with van der Waals surface area (Å²) in [6, 6.07) is 6.49. The van der Waals surface area contributed by atoms with Crippen molar-refractivity contribution in [3.05, 3.63) is 45.9 Å². The molecule has 2 rings (SSSR count). The van der Waals surface area contributed by atoms with E-state index >= 15 is 0 Å². The van der Waals surface area contributed by atoms with Gasteiger partial charge in [-0.2, -0.15) is 0 Å². The maximum absolute atomic E-state index is 12.1. The number of hydrogen-bond donors (Lipinski definition) is 1. The summed E-state index contributed by atoms with van der Waals surface area (Å²) in [5.41, 5.74) is 1.16. The first-order valence-corrected chi connectivity index (χ1v) is 9.04. The molecule has 0 aliphatic rings. The molecule has 1 aromatic heterocycles. The zero-order valence-electron chi connectivity index (χ0n) is 15.3. The van der Waals surface area contributed by atoms with Crippen molar-refractivity contribution >= 4 is 34.7 Å². The smallest absolute Gasteiger partial charge is 0.312 e. The summed E-state index contributed by atoms with van der Waals surface area (Å²) in [6.45, 7) is 7.00. The van der Waals surface area contributed by atoms with Crippen LogP contribution >= 0.6 is 11.3 Å². The van der Waals surface area contributed by atoms with Crippen LogP contribution in [0.5, 0.6) is 0 Å². The quantitative estimate of drug-likeness (QED) is 0.619. The molecule has 0 aliphatic heterocycles. The molecule has 7 heteroatoms. The molecule has 2 aromatic rings. The molecule has 1 aromatic carbocycles. The molecule has 0 fully saturated rings. The zero-order chi connectivity index (χ0) is 19.3. The Morgan fingerprint density at radius 1 is 1.15 bits per heavy atom. The number of nitrogens with one attached hydrogen (secondary N) is 1. The van der Waals surface area contributed by atoms with Gasteiger partial charge in [-0.1, -0.05) is 20.8 Å². The highest BCUT2D eigenvalue weighted by Gasteiger charge is 2.21. The molecule has 1 amide bonds. The lowest BCUT2D eigenvalue weighted by molar-refractivity contribution is -0.141. The monoisotopic (exact) mass is 374 g/mol. The average Bonchev–Trinajstić information content (AvgIpc) is 2.97. The van der Waals surface area contributed by atoms with Gasteiger partial charge < -0.3 is 10.1 Å². The van der Waals surface area contributed by atoms with Crippen molar-refractivity contribution in [3.63, 3.8) is 0 Å². The number of amides is 1. The van der Waals surface area contributed by atoms with Crippen LogP contribution in [0.1, 0.15) is 41.8 Å². The van der Waals surface area contributed by atoms with Crippen molar-refractivity contribution < 1.29 is 19.1 Å². The fourth-order valence-corrected chi connectivity index (χ4v) is 2.59. The molecule has 0 spiro atoms. The summed E-state index contributed by atoms with van der Waals surface area (Å²) in [5, 5.41) is 5.46. The maximum Gasteiger partial charge on any atom is 0.312 e. The lowest BCUT2D eigenvalue weighted by atomic mass is 9.95. The number of carbonyl (C=O) groups is 3. The van der Waals surface area contributed by atoms with Crippen LogP contribution < -0.4 is 5.32 Å². The fraction of sp³-hybridized carbons (Fsp3) is 0.368. The van der Waals surface area contributed by atoms with Gasteiger partial charge in [0.25, 0.3) is 0 Å². The standard InChI is InChI=1S/C19H22N2O4S/c1-12-20-15(11-26-12)9-17(23)25-10-16(22)13-5-7-14(8-6-13)21-18(24)19(2,3)4/h5-8,11H,9-10H2,1-4H3,(H,21,24). The topological polar surface area (TPSA) is 85.4 Å². The highest BCUT2D eigenvalue weighted by molar-refractivity contribution is 7.09. The molecule has 0 radical (unpaired) electrons. The van der Waals surface area contributed by atoms with E-state index in [1.807, 2.05) is 27.7 Å². The summed E-state index contributed by atoms with van der Waals surface area (Å²) in [4.78, 5) is 40.0. The van der Waals surface area contributed by atoms with Gasteiger partial charge in [-0.05, 0) is 31.2 Å². The molecule has 1 N–H and O–H groups in total. The van der Waals surface area contributed by atoms with Crippen molar-refractivity contribution in [2.24, 2.45) is 5.41 Å². The highest BCUT2D eigenvalue weighted by atomic mass is 32.1. The maximum atomic E-state index is 12.1. The third kappa shape index (κ3) is 5.77. The number of benzene rings is 1. The molecule has 138 valence electrons. The molecule has 26 heavy (non-hydrogen) atoms. The molecule has 0 aliphatic carbocycles. The first-order valence-electron chi connectivity index (χ1n) is 8.16. The van der Waals surface area contributed by atoms with Gasteiger partial charge in [0.05, 0.1) is 17.1 Å². The summed E-state index contributed by atoms with van der Waals surface area (Å²) >= 11 is 1.46. The minimum Gasteiger partial charge on any atom is -0.457 e. The summed E-state index contributed by atoms with van der Waals surface area (Å²) in [7, 11) is 0. The van der Waals surface area contributed by atoms with Gasteiger partial charge in [-0.25, -0.2) is 4.98 Å². The van der Waals surface area contributed by atoms with Crippen molar-refractivity contribution in [1.82, 2.24) is 4.98 Å². The van der Waals surface area contributed by atoms with E-state index in [0.717, 1.165) is 5.01 Å². The number of nitrogens with zero attached hydrogens (tertiary/aromatic N) is 1. The third-order valence-electron chi connectivity index (χ3n) is 3.50. The number of hydrogen-bond acceptors (Lipinski definition) is 6. The van der Waals surface area contributed by atoms with Crippen LogP contribution in [-0.4, -0.2) is 29.3 Å². The molecular weight excluding hydrogens is 352 g/mol. The van der Waals surface area contributed by atoms with E-state index in [-0.39, 0.29) is 24.7 Å². The molecule has 0 unspecified atom stereocenters. The van der Waals surface area contributed by atoms with Gasteiger partial charge in [-0.15, -0.1) is 11.3 Å². The van der Waals surface area contributed by atoms with E-state index in [4.69, 9.17) is 4.74 Å². The largest absolute Gasteiger partial charge is 0.457 e. The number of anilines is 1. The molecule has 0 bridgehead atoms. The van der Waals surface area contributed by atoms with Gasteiger partial charge in [0.15, 0.2) is 12.4 Å². The van der Waals surface area contributed by atoms with Gasteiger partial charge >= 0.3 is 5.97 Å². The van der Waals surface area contributed by atoms with Gasteiger partial charge in [-0.3, -0.25) is 14.4 Å². The van der Waals surface area contributed by atoms with Crippen LogP contribution in [0.2, 0.25) is 0 Å². The summed E-state index contributed by atoms with van der Waals surface area (Å²) in [5.74, 6) is -0.901. The van der Waals surface area contributed by atoms with Crippen molar-refractivity contribution in [3.8, 4) is 0 Å². The Labute approximate surface area is 156 Å². The Kier molecular flexibility index (Phi) is 6.26. The summed E-state index contributed by atoms with van der Waals surface area (Å²) < 4.78 is 5.02. The molecule has 0 saturated carbocycles. The second kappa shape index (κ2) is 8.23. The van der Waals surface area contributed by atoms with E-state index in [1.54, 1.807) is 29.6 Å². The molecule has 0 atom stereocenters. The highest BCUT2D eigenvalue weighted by Crippen LogP contribution is 2.18. The van der Waals surface area contributed by atoms with Crippen LogP contribution in [0, 0.1) is 12.3 Å². The number of esters is 1. The van der Waals surface area contributed by atoms with E-state index in [2.05, 4.69) is 10.3 Å². The Morgan fingerprint density at radius 2 is 1.81 bits per heavy atom. The predicted molar refractivity (Wildman–Crippen MR) is 100 cm³/mol. The van der Waals surface area contributed by atoms with Crippen molar-refractivity contribution in [2.45, 2.75) is 34.1 Å². The van der Waals surface area contributed by atoms with E-state index in [9.17, 15) is 14.4 Å². The fourth-order valence-electron chi connectivity index (χ4n) is 1.98. The van der Waals surface area contributed by atoms with Crippen LogP contribution in [0.3, 0.4) is 0 Å². The molecule has 6 nitrogen and oxygen atoms in total. The normalized spacial score (nSPS) is 11.1. The summed E-state index contributed by atoms with van der Waals surface area (Å²) in [6.07, 6.45) is 0.0510. The zero-order valence-corrected chi connectivity index (χ0v) is 16.1. The second-order valence-corrected chi connectivity index (χ2v) is 7.96. The predicted octanol–water partition coefficient (Wildman–Crippen LogP) is 3.40. The second-order valence-electron chi connectivity index (χ2n) is 6.90. The molecule has 1 heterocycles. The molecule has 0 saturated heterocycles. The van der Waals surface area contributed by atoms with E-state index in [0.29, 0.717) is 16.9 Å². The number of Topliss-reactive ketones (excluding diaryl/α,β-unsaturated/α-hetero) is 1. The number of aromatic nitrogens is 1. The number of ketones is 1. The Bertz CT molecular complexity index is 804. The SMILES string of the molecule is Cc1nc(CC(=O)OCC(=O)c2ccc(NC(=O)C(C)(C)C)cc2)cs1. The lowest BCUT2D eigenvalue weighted by Gasteiger charge is -2.17. The Hall–Kier alpha value is -2.54. The lowest BCUT2D eigenvalue weighted by Crippen LogP contribution is -2.27. The number of ether oxygens (including phenoxy) is 1. The number of aryl methyl sites for hydroxylation is 1. The minimum absolute atomic E-state index is 0.0510. The molecular formula is C19H22N2O4S. The van der Waals surface area contributed by atoms with E-state index < -0.39 is 11.4 Å². The first kappa shape index (κ1) is 19.8. The van der Waals surface area contributed by atoms with Gasteiger partial charge in [0, 0.05) is 22.0 Å². The minimum atomic E-state index is -0.501. The first-order chi connectivity index (χ1) is 12.1. The Balaban J connectivity index is 1.85. The van der Waals surface area contributed by atoms with Crippen LogP contribution in [0.25, 0.3) is 0 Å². The number of rotatable bonds is 6. The van der Waals surface area contributed by atoms with E-state index in [1.165, 1.54) is 11.3 Å². The van der Waals surface area contributed by atoms with Crippen LogP contribution in [-0.2, 0) is 20.7 Å². The van der Waals surface area contributed by atoms with Crippen molar-refractivity contribution in [2.75, 3.05) is 11.9 Å². The van der Waals surface area contributed by atoms with Gasteiger partial charge in [0.1, 0.15) is 0 Å².